The fourth-order valence-corrected chi connectivity index (χ4v) is 5.05. The number of hydrogen-bond acceptors (Lipinski definition) is 8. The van der Waals surface area contributed by atoms with E-state index in [2.05, 4.69) is 14.5 Å². The van der Waals surface area contributed by atoms with Crippen LogP contribution in [-0.4, -0.2) is 58.2 Å². The number of hydrogen-bond donors (Lipinski definition) is 2. The highest BCUT2D eigenvalue weighted by atomic mass is 35.5. The lowest BCUT2D eigenvalue weighted by molar-refractivity contribution is 0.188. The summed E-state index contributed by atoms with van der Waals surface area (Å²) in [5.74, 6) is 1.01. The van der Waals surface area contributed by atoms with Gasteiger partial charge in [0, 0.05) is 59.8 Å². The van der Waals surface area contributed by atoms with Gasteiger partial charge >= 0.3 is 0 Å². The summed E-state index contributed by atoms with van der Waals surface area (Å²) in [4.78, 5) is 17.8. The van der Waals surface area contributed by atoms with Gasteiger partial charge in [0.1, 0.15) is 11.5 Å². The van der Waals surface area contributed by atoms with Crippen molar-refractivity contribution in [2.24, 2.45) is 0 Å². The first kappa shape index (κ1) is 23.7. The fraction of sp³-hybridized carbons (Fsp3) is 0.231. The molecule has 0 spiro atoms. The van der Waals surface area contributed by atoms with Crippen molar-refractivity contribution >= 4 is 62.3 Å². The Labute approximate surface area is 212 Å². The lowest BCUT2D eigenvalue weighted by Gasteiger charge is -2.32. The number of rotatable bonds is 7. The number of anilines is 2. The van der Waals surface area contributed by atoms with Crippen LogP contribution in [0.4, 0.5) is 11.4 Å². The van der Waals surface area contributed by atoms with E-state index in [1.165, 1.54) is 11.9 Å². The number of aromatic hydroxyl groups is 1. The van der Waals surface area contributed by atoms with Crippen LogP contribution < -0.4 is 10.1 Å². The van der Waals surface area contributed by atoms with Gasteiger partial charge in [0.15, 0.2) is 5.62 Å². The van der Waals surface area contributed by atoms with E-state index < -0.39 is 0 Å². The molecule has 1 saturated heterocycles. The van der Waals surface area contributed by atoms with E-state index in [4.69, 9.17) is 21.3 Å². The van der Waals surface area contributed by atoms with Crippen LogP contribution in [0.25, 0.3) is 21.8 Å². The second kappa shape index (κ2) is 10.3. The number of phenols is 1. The highest BCUT2D eigenvalue weighted by Crippen LogP contribution is 2.37. The monoisotopic (exact) mass is 508 g/mol. The van der Waals surface area contributed by atoms with Gasteiger partial charge in [-0.25, -0.2) is 9.29 Å². The number of carbonyl (C=O) groups excluding carboxylic acids is 1. The number of nitrogens with zero attached hydrogens (tertiary/aromatic N) is 3. The average molecular weight is 509 g/mol. The van der Waals surface area contributed by atoms with Crippen molar-refractivity contribution in [1.82, 2.24) is 14.2 Å². The van der Waals surface area contributed by atoms with Crippen molar-refractivity contribution in [2.75, 3.05) is 38.6 Å². The van der Waals surface area contributed by atoms with Crippen molar-refractivity contribution in [1.29, 1.82) is 0 Å². The number of halogens is 1. The molecule has 0 bridgehead atoms. The fourth-order valence-electron chi connectivity index (χ4n) is 4.39. The SMILES string of the molecule is COc1ccc2nc3cc(Cl)ccc3c(Nc3ccc(O)c(CN4CCN(SC=O)CC4)c3)c2c1. The number of nitrogens with one attached hydrogen (secondary N) is 1. The van der Waals surface area contributed by atoms with Gasteiger partial charge in [-0.2, -0.15) is 0 Å². The first-order chi connectivity index (χ1) is 17.0. The molecule has 4 aromatic rings. The van der Waals surface area contributed by atoms with Crippen LogP contribution in [0.2, 0.25) is 5.02 Å². The molecule has 0 amide bonds. The lowest BCUT2D eigenvalue weighted by atomic mass is 10.1. The minimum atomic E-state index is 0.262. The molecule has 2 N–H and O–H groups in total. The van der Waals surface area contributed by atoms with Crippen LogP contribution >= 0.6 is 23.5 Å². The molecule has 0 unspecified atom stereocenters. The normalized spacial score (nSPS) is 14.9. The number of piperazine rings is 1. The highest BCUT2D eigenvalue weighted by Gasteiger charge is 2.19. The third kappa shape index (κ3) is 5.16. The number of ether oxygens (including phenoxy) is 1. The summed E-state index contributed by atoms with van der Waals surface area (Å²) in [5, 5.41) is 16.6. The zero-order valence-electron chi connectivity index (χ0n) is 19.2. The van der Waals surface area contributed by atoms with Crippen LogP contribution in [0.1, 0.15) is 5.56 Å². The van der Waals surface area contributed by atoms with Crippen molar-refractivity contribution in [3.63, 3.8) is 0 Å². The molecule has 0 atom stereocenters. The minimum absolute atomic E-state index is 0.262. The summed E-state index contributed by atoms with van der Waals surface area (Å²) in [7, 11) is 1.65. The van der Waals surface area contributed by atoms with Crippen LogP contribution in [0.15, 0.2) is 54.6 Å². The molecule has 1 aliphatic rings. The second-order valence-corrected chi connectivity index (χ2v) is 9.76. The van der Waals surface area contributed by atoms with Crippen LogP contribution in [0.3, 0.4) is 0 Å². The summed E-state index contributed by atoms with van der Waals surface area (Å²) < 4.78 is 7.52. The number of benzene rings is 3. The first-order valence-corrected chi connectivity index (χ1v) is 12.5. The standard InChI is InChI=1S/C26H25ClN4O3S/c1-34-20-4-6-23-22(14-20)26(21-5-2-18(27)13-24(21)29-23)28-19-3-7-25(33)17(12-19)15-30-8-10-31(11-9-30)35-16-32/h2-7,12-14,16,33H,8-11,15H2,1H3,(H,28,29). The summed E-state index contributed by atoms with van der Waals surface area (Å²) in [5.41, 5.74) is 5.09. The van der Waals surface area contributed by atoms with Gasteiger partial charge < -0.3 is 15.2 Å². The molecule has 0 aliphatic carbocycles. The maximum Gasteiger partial charge on any atom is 0.191 e. The third-order valence-corrected chi connectivity index (χ3v) is 7.19. The van der Waals surface area contributed by atoms with E-state index in [9.17, 15) is 9.90 Å². The van der Waals surface area contributed by atoms with Crippen molar-refractivity contribution in [3.05, 3.63) is 65.2 Å². The van der Waals surface area contributed by atoms with E-state index in [0.717, 1.165) is 76.3 Å². The molecule has 7 nitrogen and oxygen atoms in total. The third-order valence-electron chi connectivity index (χ3n) is 6.21. The Balaban J connectivity index is 1.48. The molecule has 3 aromatic carbocycles. The maximum absolute atomic E-state index is 10.7. The van der Waals surface area contributed by atoms with Crippen LogP contribution in [-0.2, 0) is 11.3 Å². The first-order valence-electron chi connectivity index (χ1n) is 11.3. The molecular formula is C26H25ClN4O3S. The predicted octanol–water partition coefficient (Wildman–Crippen LogP) is 5.46. The Morgan fingerprint density at radius 1 is 1.06 bits per heavy atom. The van der Waals surface area contributed by atoms with Gasteiger partial charge in [-0.15, -0.1) is 0 Å². The lowest BCUT2D eigenvalue weighted by Crippen LogP contribution is -2.42. The minimum Gasteiger partial charge on any atom is -0.508 e. The van der Waals surface area contributed by atoms with Gasteiger partial charge in [0.25, 0.3) is 0 Å². The van der Waals surface area contributed by atoms with Gasteiger partial charge in [-0.05, 0) is 66.5 Å². The number of methoxy groups -OCH3 is 1. The molecule has 1 fully saturated rings. The smallest absolute Gasteiger partial charge is 0.191 e. The summed E-state index contributed by atoms with van der Waals surface area (Å²) in [6, 6.07) is 17.0. The topological polar surface area (TPSA) is 77.9 Å². The van der Waals surface area contributed by atoms with Crippen molar-refractivity contribution in [2.45, 2.75) is 6.54 Å². The van der Waals surface area contributed by atoms with Gasteiger partial charge in [-0.3, -0.25) is 9.69 Å². The molecule has 180 valence electrons. The number of carbonyl (C=O) groups is 1. The van der Waals surface area contributed by atoms with E-state index in [0.29, 0.717) is 11.6 Å². The zero-order valence-corrected chi connectivity index (χ0v) is 20.8. The molecule has 1 aromatic heterocycles. The maximum atomic E-state index is 10.7. The summed E-state index contributed by atoms with van der Waals surface area (Å²) >= 11 is 7.47. The second-order valence-electron chi connectivity index (χ2n) is 8.41. The van der Waals surface area contributed by atoms with E-state index in [-0.39, 0.29) is 5.75 Å². The predicted molar refractivity (Wildman–Crippen MR) is 143 cm³/mol. The Hall–Kier alpha value is -3.04. The number of phenolic OH excluding ortho intramolecular Hbond substituents is 1. The highest BCUT2D eigenvalue weighted by molar-refractivity contribution is 8.09. The molecule has 2 heterocycles. The zero-order chi connectivity index (χ0) is 24.4. The molecule has 35 heavy (non-hydrogen) atoms. The quantitative estimate of drug-likeness (QED) is 0.147. The Kier molecular flexibility index (Phi) is 6.97. The molecule has 5 rings (SSSR count). The average Bonchev–Trinajstić information content (AvgIpc) is 2.86. The van der Waals surface area contributed by atoms with E-state index >= 15 is 0 Å². The Morgan fingerprint density at radius 3 is 2.66 bits per heavy atom. The number of fused-ring (bicyclic) bond motifs is 2. The Bertz CT molecular complexity index is 1390. The largest absolute Gasteiger partial charge is 0.508 e. The molecule has 1 aliphatic heterocycles. The molecular weight excluding hydrogens is 484 g/mol. The Morgan fingerprint density at radius 2 is 1.89 bits per heavy atom. The molecule has 9 heteroatoms. The van der Waals surface area contributed by atoms with Gasteiger partial charge in [0.05, 0.1) is 23.8 Å². The van der Waals surface area contributed by atoms with Crippen LogP contribution in [0, 0.1) is 0 Å². The molecule has 0 saturated carbocycles. The molecule has 0 radical (unpaired) electrons. The van der Waals surface area contributed by atoms with Crippen LogP contribution in [0.5, 0.6) is 11.5 Å². The van der Waals surface area contributed by atoms with Gasteiger partial charge in [-0.1, -0.05) is 11.6 Å². The number of aromatic nitrogens is 1. The van der Waals surface area contributed by atoms with Gasteiger partial charge in [0.2, 0.25) is 0 Å². The van der Waals surface area contributed by atoms with Crippen molar-refractivity contribution < 1.29 is 14.6 Å². The number of pyridine rings is 1. The van der Waals surface area contributed by atoms with E-state index in [1.807, 2.05) is 48.5 Å². The van der Waals surface area contributed by atoms with E-state index in [1.54, 1.807) is 13.2 Å². The summed E-state index contributed by atoms with van der Waals surface area (Å²) in [6.45, 7) is 3.90. The van der Waals surface area contributed by atoms with Crippen molar-refractivity contribution in [3.8, 4) is 11.5 Å². The summed E-state index contributed by atoms with van der Waals surface area (Å²) in [6.07, 6.45) is 0.